The Bertz CT molecular complexity index is 618. The van der Waals surface area contributed by atoms with Crippen LogP contribution in [0.15, 0.2) is 24.3 Å². The number of benzene rings is 1. The molecule has 1 atom stereocenters. The predicted molar refractivity (Wildman–Crippen MR) is 79.6 cm³/mol. The molecule has 1 aromatic heterocycles. The Hall–Kier alpha value is -1.81. The molecule has 3 rings (SSSR count). The van der Waals surface area contributed by atoms with E-state index in [-0.39, 0.29) is 0 Å². The lowest BCUT2D eigenvalue weighted by atomic mass is 9.86. The van der Waals surface area contributed by atoms with Crippen LogP contribution in [0.5, 0.6) is 5.75 Å². The molecule has 1 aromatic carbocycles. The van der Waals surface area contributed by atoms with Gasteiger partial charge < -0.3 is 10.5 Å². The summed E-state index contributed by atoms with van der Waals surface area (Å²) in [7, 11) is 1.69. The van der Waals surface area contributed by atoms with Crippen LogP contribution in [0.4, 0.5) is 0 Å². The zero-order valence-corrected chi connectivity index (χ0v) is 12.1. The minimum absolute atomic E-state index is 0.408. The second kappa shape index (κ2) is 5.29. The Kier molecular flexibility index (Phi) is 3.49. The zero-order chi connectivity index (χ0) is 14.1. The van der Waals surface area contributed by atoms with Crippen LogP contribution in [0, 0.1) is 6.92 Å². The number of ether oxygens (including phenoxy) is 1. The fourth-order valence-corrected chi connectivity index (χ4v) is 3.14. The molecular weight excluding hydrogens is 250 g/mol. The molecule has 2 aromatic rings. The topological polar surface area (TPSA) is 53.1 Å². The molecule has 0 fully saturated rings. The number of aromatic nitrogens is 2. The van der Waals surface area contributed by atoms with Gasteiger partial charge in [-0.25, -0.2) is 4.68 Å². The maximum Gasteiger partial charge on any atom is 0.121 e. The highest BCUT2D eigenvalue weighted by atomic mass is 16.5. The third-order valence-electron chi connectivity index (χ3n) is 4.17. The first-order valence-corrected chi connectivity index (χ1v) is 7.17. The summed E-state index contributed by atoms with van der Waals surface area (Å²) in [6, 6.07) is 8.04. The van der Waals surface area contributed by atoms with Crippen molar-refractivity contribution in [2.45, 2.75) is 32.1 Å². The Labute approximate surface area is 119 Å². The third-order valence-corrected chi connectivity index (χ3v) is 4.17. The van der Waals surface area contributed by atoms with Crippen LogP contribution in [-0.4, -0.2) is 23.4 Å². The molecule has 1 aliphatic carbocycles. The standard InChI is InChI=1S/C16H21N3O/c1-11-15-8-3-5-12(10-17)16(15)19(18-11)13-6-4-7-14(9-13)20-2/h4,6-7,9,12H,3,5,8,10,17H2,1-2H3. The number of nitrogens with two attached hydrogens (primary N) is 1. The lowest BCUT2D eigenvalue weighted by Gasteiger charge is -2.23. The zero-order valence-electron chi connectivity index (χ0n) is 12.1. The lowest BCUT2D eigenvalue weighted by Crippen LogP contribution is -2.21. The van der Waals surface area contributed by atoms with Crippen LogP contribution >= 0.6 is 0 Å². The smallest absolute Gasteiger partial charge is 0.121 e. The van der Waals surface area contributed by atoms with Crippen LogP contribution in [0.2, 0.25) is 0 Å². The molecule has 1 heterocycles. The summed E-state index contributed by atoms with van der Waals surface area (Å²) in [4.78, 5) is 0. The fourth-order valence-electron chi connectivity index (χ4n) is 3.14. The second-order valence-corrected chi connectivity index (χ2v) is 5.39. The minimum atomic E-state index is 0.408. The number of aryl methyl sites for hydroxylation is 1. The van der Waals surface area contributed by atoms with Crippen LogP contribution in [-0.2, 0) is 6.42 Å². The lowest BCUT2D eigenvalue weighted by molar-refractivity contribution is 0.414. The van der Waals surface area contributed by atoms with Crippen molar-refractivity contribution in [3.63, 3.8) is 0 Å². The van der Waals surface area contributed by atoms with Crippen molar-refractivity contribution < 1.29 is 4.74 Å². The normalized spacial score (nSPS) is 17.9. The van der Waals surface area contributed by atoms with E-state index in [1.807, 2.05) is 18.2 Å². The van der Waals surface area contributed by atoms with Crippen LogP contribution < -0.4 is 10.5 Å². The van der Waals surface area contributed by atoms with E-state index in [0.717, 1.165) is 30.0 Å². The van der Waals surface area contributed by atoms with Crippen molar-refractivity contribution in [2.75, 3.05) is 13.7 Å². The van der Waals surface area contributed by atoms with E-state index in [9.17, 15) is 0 Å². The van der Waals surface area contributed by atoms with Crippen molar-refractivity contribution in [3.8, 4) is 11.4 Å². The Morgan fingerprint density at radius 3 is 3.05 bits per heavy atom. The molecule has 4 heteroatoms. The van der Waals surface area contributed by atoms with Crippen molar-refractivity contribution >= 4 is 0 Å². The molecule has 0 radical (unpaired) electrons. The Balaban J connectivity index is 2.14. The Morgan fingerprint density at radius 1 is 1.45 bits per heavy atom. The van der Waals surface area contributed by atoms with Crippen LogP contribution in [0.1, 0.15) is 35.7 Å². The highest BCUT2D eigenvalue weighted by Crippen LogP contribution is 2.34. The van der Waals surface area contributed by atoms with Crippen molar-refractivity contribution in [3.05, 3.63) is 41.2 Å². The number of rotatable bonds is 3. The molecule has 0 spiro atoms. The largest absolute Gasteiger partial charge is 0.497 e. The molecule has 0 saturated heterocycles. The Morgan fingerprint density at radius 2 is 2.30 bits per heavy atom. The van der Waals surface area contributed by atoms with Gasteiger partial charge in [0.1, 0.15) is 5.75 Å². The summed E-state index contributed by atoms with van der Waals surface area (Å²) in [5, 5.41) is 4.74. The van der Waals surface area contributed by atoms with E-state index in [4.69, 9.17) is 15.6 Å². The first kappa shape index (κ1) is 13.2. The van der Waals surface area contributed by atoms with Gasteiger partial charge in [0.15, 0.2) is 0 Å². The van der Waals surface area contributed by atoms with Gasteiger partial charge in [-0.2, -0.15) is 5.10 Å². The number of fused-ring (bicyclic) bond motifs is 1. The summed E-state index contributed by atoms with van der Waals surface area (Å²) in [6.45, 7) is 2.77. The van der Waals surface area contributed by atoms with E-state index in [0.29, 0.717) is 12.5 Å². The van der Waals surface area contributed by atoms with Gasteiger partial charge in [-0.3, -0.25) is 0 Å². The van der Waals surface area contributed by atoms with E-state index in [1.165, 1.54) is 17.7 Å². The average Bonchev–Trinajstić information content (AvgIpc) is 2.85. The van der Waals surface area contributed by atoms with Gasteiger partial charge in [0.2, 0.25) is 0 Å². The molecule has 0 saturated carbocycles. The summed E-state index contributed by atoms with van der Waals surface area (Å²) >= 11 is 0. The molecule has 20 heavy (non-hydrogen) atoms. The molecular formula is C16H21N3O. The molecule has 0 aliphatic heterocycles. The van der Waals surface area contributed by atoms with E-state index >= 15 is 0 Å². The second-order valence-electron chi connectivity index (χ2n) is 5.39. The minimum Gasteiger partial charge on any atom is -0.497 e. The van der Waals surface area contributed by atoms with Crippen molar-refractivity contribution in [2.24, 2.45) is 5.73 Å². The van der Waals surface area contributed by atoms with Gasteiger partial charge >= 0.3 is 0 Å². The van der Waals surface area contributed by atoms with Crippen molar-refractivity contribution in [1.29, 1.82) is 0 Å². The molecule has 106 valence electrons. The highest BCUT2D eigenvalue weighted by molar-refractivity contribution is 5.44. The predicted octanol–water partition coefficient (Wildman–Crippen LogP) is 2.57. The summed E-state index contributed by atoms with van der Waals surface area (Å²) in [5.41, 5.74) is 10.8. The molecule has 0 bridgehead atoms. The van der Waals surface area contributed by atoms with Gasteiger partial charge in [-0.05, 0) is 43.9 Å². The van der Waals surface area contributed by atoms with E-state index in [2.05, 4.69) is 17.7 Å². The van der Waals surface area contributed by atoms with Gasteiger partial charge in [0.25, 0.3) is 0 Å². The SMILES string of the molecule is COc1cccc(-n2nc(C)c3c2C(CN)CCC3)c1. The highest BCUT2D eigenvalue weighted by Gasteiger charge is 2.26. The first-order chi connectivity index (χ1) is 9.74. The first-order valence-electron chi connectivity index (χ1n) is 7.17. The van der Waals surface area contributed by atoms with Gasteiger partial charge in [0.05, 0.1) is 24.2 Å². The monoisotopic (exact) mass is 271 g/mol. The number of methoxy groups -OCH3 is 1. The maximum atomic E-state index is 5.96. The van der Waals surface area contributed by atoms with Gasteiger partial charge in [-0.15, -0.1) is 0 Å². The number of nitrogens with zero attached hydrogens (tertiary/aromatic N) is 2. The van der Waals surface area contributed by atoms with Gasteiger partial charge in [0, 0.05) is 18.5 Å². The fraction of sp³-hybridized carbons (Fsp3) is 0.438. The van der Waals surface area contributed by atoms with Crippen LogP contribution in [0.3, 0.4) is 0 Å². The van der Waals surface area contributed by atoms with E-state index < -0.39 is 0 Å². The van der Waals surface area contributed by atoms with Gasteiger partial charge in [-0.1, -0.05) is 6.07 Å². The number of hydrogen-bond donors (Lipinski definition) is 1. The molecule has 1 aliphatic rings. The summed E-state index contributed by atoms with van der Waals surface area (Å²) in [6.07, 6.45) is 3.47. The van der Waals surface area contributed by atoms with Crippen molar-refractivity contribution in [1.82, 2.24) is 9.78 Å². The molecule has 2 N–H and O–H groups in total. The van der Waals surface area contributed by atoms with Crippen LogP contribution in [0.25, 0.3) is 5.69 Å². The summed E-state index contributed by atoms with van der Waals surface area (Å²) < 4.78 is 7.37. The van der Waals surface area contributed by atoms with E-state index in [1.54, 1.807) is 7.11 Å². The molecule has 4 nitrogen and oxygen atoms in total. The average molecular weight is 271 g/mol. The number of hydrogen-bond acceptors (Lipinski definition) is 3. The molecule has 0 amide bonds. The maximum absolute atomic E-state index is 5.96. The quantitative estimate of drug-likeness (QED) is 0.933. The molecule has 1 unspecified atom stereocenters. The summed E-state index contributed by atoms with van der Waals surface area (Å²) in [5.74, 6) is 1.26. The third kappa shape index (κ3) is 2.10.